The summed E-state index contributed by atoms with van der Waals surface area (Å²) in [6, 6.07) is 65.0. The van der Waals surface area contributed by atoms with Crippen molar-refractivity contribution in [2.24, 2.45) is 0 Å². The van der Waals surface area contributed by atoms with E-state index in [4.69, 9.17) is 0 Å². The molecule has 0 saturated carbocycles. The first-order chi connectivity index (χ1) is 24.6. The van der Waals surface area contributed by atoms with Gasteiger partial charge in [0.15, 0.2) is 0 Å². The Morgan fingerprint density at radius 1 is 0.360 bits per heavy atom. The molecule has 0 bridgehead atoms. The van der Waals surface area contributed by atoms with Gasteiger partial charge in [0.05, 0.1) is 11.4 Å². The minimum Gasteiger partial charge on any atom is -0.309 e. The highest BCUT2D eigenvalue weighted by Gasteiger charge is 2.36. The maximum Gasteiger partial charge on any atom is 0.0546 e. The first-order valence-electron chi connectivity index (χ1n) is 17.5. The molecule has 0 spiro atoms. The van der Waals surface area contributed by atoms with Crippen LogP contribution in [-0.4, -0.2) is 0 Å². The molecule has 9 aromatic carbocycles. The number of rotatable bonds is 4. The zero-order valence-electron chi connectivity index (χ0n) is 28.2. The second kappa shape index (κ2) is 10.9. The summed E-state index contributed by atoms with van der Waals surface area (Å²) in [6.07, 6.45) is 0. The molecule has 0 aromatic heterocycles. The first kappa shape index (κ1) is 28.8. The van der Waals surface area contributed by atoms with E-state index in [1.165, 1.54) is 87.8 Å². The molecule has 0 amide bonds. The summed E-state index contributed by atoms with van der Waals surface area (Å²) in [6.45, 7) is 4.74. The second-order valence-corrected chi connectivity index (χ2v) is 14.1. The van der Waals surface area contributed by atoms with Gasteiger partial charge in [-0.1, -0.05) is 166 Å². The van der Waals surface area contributed by atoms with Crippen molar-refractivity contribution in [1.29, 1.82) is 0 Å². The smallest absolute Gasteiger partial charge is 0.0546 e. The minimum absolute atomic E-state index is 0.117. The van der Waals surface area contributed by atoms with E-state index in [9.17, 15) is 0 Å². The number of anilines is 3. The molecule has 0 N–H and O–H groups in total. The molecule has 1 heteroatoms. The molecule has 1 aliphatic rings. The molecule has 236 valence electrons. The predicted molar refractivity (Wildman–Crippen MR) is 214 cm³/mol. The van der Waals surface area contributed by atoms with E-state index in [1.54, 1.807) is 0 Å². The van der Waals surface area contributed by atoms with Crippen molar-refractivity contribution >= 4 is 60.2 Å². The van der Waals surface area contributed by atoms with Gasteiger partial charge in [0.2, 0.25) is 0 Å². The average molecular weight is 638 g/mol. The Labute approximate surface area is 292 Å². The van der Waals surface area contributed by atoms with E-state index in [1.807, 2.05) is 0 Å². The second-order valence-electron chi connectivity index (χ2n) is 14.1. The summed E-state index contributed by atoms with van der Waals surface area (Å²) < 4.78 is 0. The molecule has 1 aliphatic carbocycles. The third-order valence-electron chi connectivity index (χ3n) is 11.0. The molecule has 0 unspecified atom stereocenters. The summed E-state index contributed by atoms with van der Waals surface area (Å²) in [5.74, 6) is 0. The van der Waals surface area contributed by atoms with Gasteiger partial charge in [0.1, 0.15) is 0 Å². The molecule has 50 heavy (non-hydrogen) atoms. The molecule has 0 aliphatic heterocycles. The monoisotopic (exact) mass is 637 g/mol. The molecule has 0 radical (unpaired) electrons. The van der Waals surface area contributed by atoms with Crippen LogP contribution < -0.4 is 4.90 Å². The van der Waals surface area contributed by atoms with Gasteiger partial charge >= 0.3 is 0 Å². The van der Waals surface area contributed by atoms with Gasteiger partial charge in [-0.05, 0) is 90.0 Å². The van der Waals surface area contributed by atoms with Crippen LogP contribution >= 0.6 is 0 Å². The van der Waals surface area contributed by atoms with Crippen LogP contribution in [0.2, 0.25) is 0 Å². The summed E-state index contributed by atoms with van der Waals surface area (Å²) in [5.41, 5.74) is 11.3. The van der Waals surface area contributed by atoms with Crippen LogP contribution in [0.3, 0.4) is 0 Å². The highest BCUT2D eigenvalue weighted by molar-refractivity contribution is 6.29. The number of hydrogen-bond donors (Lipinski definition) is 0. The normalized spacial score (nSPS) is 13.2. The SMILES string of the molecule is CC1(C)c2ccccc2-c2ccc(N(c3ccc(-c4ccccc4)c4ccccc34)c3cccc4c5ccccc5c5ccccc5c34)cc21. The highest BCUT2D eigenvalue weighted by atomic mass is 15.1. The summed E-state index contributed by atoms with van der Waals surface area (Å²) in [5, 5.41) is 10.1. The lowest BCUT2D eigenvalue weighted by Crippen LogP contribution is -2.17. The molecule has 1 nitrogen and oxygen atoms in total. The summed E-state index contributed by atoms with van der Waals surface area (Å²) in [7, 11) is 0. The van der Waals surface area contributed by atoms with Crippen LogP contribution in [0.25, 0.3) is 65.3 Å². The standard InChI is InChI=1S/C49H35N/c1-49(2)44-25-13-12-21-39(44)40-28-27-33(31-45(40)49)50(46-30-29-34(32-15-4-3-5-16-32)35-17-8-10-22-41(35)46)47-26-14-24-43-38-19-7-6-18-36(38)37-20-9-11-23-42(37)48(43)47/h3-31H,1-2H3. The highest BCUT2D eigenvalue weighted by Crippen LogP contribution is 2.52. The third-order valence-corrected chi connectivity index (χ3v) is 11.0. The van der Waals surface area contributed by atoms with Crippen LogP contribution in [0, 0.1) is 0 Å². The lowest BCUT2D eigenvalue weighted by atomic mass is 9.82. The lowest BCUT2D eigenvalue weighted by Gasteiger charge is -2.31. The van der Waals surface area contributed by atoms with Gasteiger partial charge in [-0.15, -0.1) is 0 Å². The van der Waals surface area contributed by atoms with Crippen LogP contribution in [0.15, 0.2) is 176 Å². The maximum atomic E-state index is 2.53. The molecular weight excluding hydrogens is 603 g/mol. The van der Waals surface area contributed by atoms with Crippen LogP contribution in [0.5, 0.6) is 0 Å². The van der Waals surface area contributed by atoms with Crippen LogP contribution in [0.1, 0.15) is 25.0 Å². The quantitative estimate of drug-likeness (QED) is 0.174. The lowest BCUT2D eigenvalue weighted by molar-refractivity contribution is 0.660. The van der Waals surface area contributed by atoms with E-state index >= 15 is 0 Å². The maximum absolute atomic E-state index is 2.53. The Morgan fingerprint density at radius 2 is 0.900 bits per heavy atom. The summed E-state index contributed by atoms with van der Waals surface area (Å²) >= 11 is 0. The van der Waals surface area contributed by atoms with Gasteiger partial charge in [-0.25, -0.2) is 0 Å². The Balaban J connectivity index is 1.32. The molecule has 0 saturated heterocycles. The van der Waals surface area contributed by atoms with Crippen LogP contribution in [-0.2, 0) is 5.41 Å². The topological polar surface area (TPSA) is 3.24 Å². The van der Waals surface area contributed by atoms with E-state index in [-0.39, 0.29) is 5.41 Å². The molecular formula is C49H35N. The zero-order chi connectivity index (χ0) is 33.4. The minimum atomic E-state index is -0.117. The van der Waals surface area contributed by atoms with Crippen molar-refractivity contribution in [3.63, 3.8) is 0 Å². The third kappa shape index (κ3) is 4.13. The van der Waals surface area contributed by atoms with Gasteiger partial charge < -0.3 is 4.90 Å². The van der Waals surface area contributed by atoms with E-state index in [0.717, 1.165) is 5.69 Å². The van der Waals surface area contributed by atoms with Crippen molar-refractivity contribution in [2.75, 3.05) is 4.90 Å². The number of benzene rings is 9. The largest absolute Gasteiger partial charge is 0.309 e. The molecule has 0 heterocycles. The van der Waals surface area contributed by atoms with Crippen LogP contribution in [0.4, 0.5) is 17.1 Å². The van der Waals surface area contributed by atoms with Gasteiger partial charge in [-0.2, -0.15) is 0 Å². The fourth-order valence-electron chi connectivity index (χ4n) is 8.71. The fraction of sp³-hybridized carbons (Fsp3) is 0.0612. The molecule has 0 fully saturated rings. The number of fused-ring (bicyclic) bond motifs is 10. The van der Waals surface area contributed by atoms with Gasteiger partial charge in [0, 0.05) is 21.9 Å². The average Bonchev–Trinajstić information content (AvgIpc) is 3.41. The predicted octanol–water partition coefficient (Wildman–Crippen LogP) is 13.7. The first-order valence-corrected chi connectivity index (χ1v) is 17.5. The van der Waals surface area contributed by atoms with Crippen molar-refractivity contribution in [3.05, 3.63) is 187 Å². The Bertz CT molecular complexity index is 2740. The van der Waals surface area contributed by atoms with E-state index in [0.29, 0.717) is 0 Å². The van der Waals surface area contributed by atoms with E-state index in [2.05, 4.69) is 195 Å². The molecule has 9 aromatic rings. The Hall–Kier alpha value is -6.18. The Morgan fingerprint density at radius 3 is 1.64 bits per heavy atom. The number of nitrogens with zero attached hydrogens (tertiary/aromatic N) is 1. The van der Waals surface area contributed by atoms with Crippen molar-refractivity contribution in [2.45, 2.75) is 19.3 Å². The molecule has 10 rings (SSSR count). The van der Waals surface area contributed by atoms with Crippen molar-refractivity contribution in [1.82, 2.24) is 0 Å². The fourth-order valence-corrected chi connectivity index (χ4v) is 8.71. The van der Waals surface area contributed by atoms with Gasteiger partial charge in [-0.3, -0.25) is 0 Å². The summed E-state index contributed by atoms with van der Waals surface area (Å²) in [4.78, 5) is 2.53. The Kier molecular flexibility index (Phi) is 6.29. The molecule has 0 atom stereocenters. The van der Waals surface area contributed by atoms with Gasteiger partial charge in [0.25, 0.3) is 0 Å². The number of hydrogen-bond acceptors (Lipinski definition) is 1. The van der Waals surface area contributed by atoms with Crippen molar-refractivity contribution < 1.29 is 0 Å². The zero-order valence-corrected chi connectivity index (χ0v) is 28.2. The van der Waals surface area contributed by atoms with Crippen molar-refractivity contribution in [3.8, 4) is 22.3 Å². The van der Waals surface area contributed by atoms with E-state index < -0.39 is 0 Å².